The van der Waals surface area contributed by atoms with Crippen LogP contribution in [-0.2, 0) is 10.0 Å². The van der Waals surface area contributed by atoms with Crippen molar-refractivity contribution in [3.8, 4) is 5.75 Å². The van der Waals surface area contributed by atoms with Crippen molar-refractivity contribution in [3.63, 3.8) is 0 Å². The first kappa shape index (κ1) is 23.0. The Hall–Kier alpha value is -2.29. The van der Waals surface area contributed by atoms with Crippen LogP contribution < -0.4 is 19.7 Å². The Morgan fingerprint density at radius 3 is 2.45 bits per heavy atom. The van der Waals surface area contributed by atoms with Crippen molar-refractivity contribution in [1.82, 2.24) is 5.32 Å². The molecule has 0 saturated heterocycles. The summed E-state index contributed by atoms with van der Waals surface area (Å²) >= 11 is 6.11. The maximum atomic E-state index is 12.8. The molecule has 3 N–H and O–H groups in total. The fraction of sp³-hybridized carbons (Fsp3) is 0.350. The van der Waals surface area contributed by atoms with Crippen molar-refractivity contribution >= 4 is 33.2 Å². The normalized spacial score (nSPS) is 11.3. The molecule has 29 heavy (non-hydrogen) atoms. The molecular formula is C20H27ClN3O4S+. The van der Waals surface area contributed by atoms with Crippen LogP contribution >= 0.6 is 11.6 Å². The highest BCUT2D eigenvalue weighted by Crippen LogP contribution is 2.26. The predicted octanol–water partition coefficient (Wildman–Crippen LogP) is 1.80. The van der Waals surface area contributed by atoms with Gasteiger partial charge >= 0.3 is 0 Å². The van der Waals surface area contributed by atoms with E-state index >= 15 is 0 Å². The number of rotatable bonds is 10. The summed E-state index contributed by atoms with van der Waals surface area (Å²) in [6.45, 7) is 3.82. The van der Waals surface area contributed by atoms with E-state index < -0.39 is 10.0 Å². The molecular weight excluding hydrogens is 414 g/mol. The molecule has 0 unspecified atom stereocenters. The van der Waals surface area contributed by atoms with E-state index in [0.717, 1.165) is 13.0 Å². The topological polar surface area (TPSA) is 88.9 Å². The highest BCUT2D eigenvalue weighted by molar-refractivity contribution is 7.92. The fourth-order valence-corrected chi connectivity index (χ4v) is 4.18. The van der Waals surface area contributed by atoms with E-state index in [1.807, 2.05) is 21.0 Å². The summed E-state index contributed by atoms with van der Waals surface area (Å²) in [5, 5.41) is 2.83. The van der Waals surface area contributed by atoms with E-state index in [1.165, 1.54) is 23.1 Å². The lowest BCUT2D eigenvalue weighted by atomic mass is 10.2. The molecule has 2 rings (SSSR count). The van der Waals surface area contributed by atoms with Gasteiger partial charge in [0.25, 0.3) is 15.9 Å². The molecule has 0 atom stereocenters. The van der Waals surface area contributed by atoms with Crippen molar-refractivity contribution in [2.24, 2.45) is 0 Å². The zero-order valence-electron chi connectivity index (χ0n) is 16.8. The number of anilines is 1. The summed E-state index contributed by atoms with van der Waals surface area (Å²) in [6.07, 6.45) is 0.826. The van der Waals surface area contributed by atoms with E-state index in [2.05, 4.69) is 10.0 Å². The number of hydrogen-bond donors (Lipinski definition) is 3. The average molecular weight is 441 g/mol. The Labute approximate surface area is 177 Å². The highest BCUT2D eigenvalue weighted by Gasteiger charge is 2.20. The minimum absolute atomic E-state index is 0.0381. The average Bonchev–Trinajstić information content (AvgIpc) is 2.66. The number of ether oxygens (including phenoxy) is 1. The molecule has 0 aliphatic rings. The number of benzene rings is 2. The summed E-state index contributed by atoms with van der Waals surface area (Å²) in [5.74, 6) is 0.302. The van der Waals surface area contributed by atoms with Gasteiger partial charge in [-0.3, -0.25) is 9.52 Å². The predicted molar refractivity (Wildman–Crippen MR) is 114 cm³/mol. The SMILES string of the molecule is CCOc1ccc(NS(=O)(=O)c2cc(C(=O)NCCC[NH+](C)C)ccc2Cl)cc1. The minimum Gasteiger partial charge on any atom is -0.494 e. The lowest BCUT2D eigenvalue weighted by molar-refractivity contribution is -0.858. The van der Waals surface area contributed by atoms with Gasteiger partial charge in [-0.25, -0.2) is 8.42 Å². The first-order chi connectivity index (χ1) is 13.7. The summed E-state index contributed by atoms with van der Waals surface area (Å²) in [5.41, 5.74) is 0.601. The van der Waals surface area contributed by atoms with Crippen LogP contribution in [0.4, 0.5) is 5.69 Å². The van der Waals surface area contributed by atoms with E-state index in [-0.39, 0.29) is 21.4 Å². The van der Waals surface area contributed by atoms with Gasteiger partial charge in [0.15, 0.2) is 0 Å². The minimum atomic E-state index is -3.97. The van der Waals surface area contributed by atoms with E-state index in [4.69, 9.17) is 16.3 Å². The third-order valence-corrected chi connectivity index (χ3v) is 5.90. The summed E-state index contributed by atoms with van der Waals surface area (Å²) in [4.78, 5) is 13.5. The van der Waals surface area contributed by atoms with Crippen molar-refractivity contribution in [3.05, 3.63) is 53.1 Å². The van der Waals surface area contributed by atoms with Crippen LogP contribution in [0.5, 0.6) is 5.75 Å². The number of hydrogen-bond acceptors (Lipinski definition) is 4. The van der Waals surface area contributed by atoms with Crippen molar-refractivity contribution in [2.45, 2.75) is 18.2 Å². The number of carbonyl (C=O) groups is 1. The molecule has 7 nitrogen and oxygen atoms in total. The molecule has 9 heteroatoms. The zero-order chi connectivity index (χ0) is 21.4. The number of halogens is 1. The van der Waals surface area contributed by atoms with Crippen molar-refractivity contribution in [2.75, 3.05) is 38.5 Å². The molecule has 158 valence electrons. The Morgan fingerprint density at radius 1 is 1.14 bits per heavy atom. The lowest BCUT2D eigenvalue weighted by Gasteiger charge is -2.12. The number of nitrogens with one attached hydrogen (secondary N) is 3. The van der Waals surface area contributed by atoms with Gasteiger partial charge in [-0.15, -0.1) is 0 Å². The van der Waals surface area contributed by atoms with Gasteiger partial charge in [-0.05, 0) is 49.4 Å². The van der Waals surface area contributed by atoms with Crippen LogP contribution in [0.2, 0.25) is 5.02 Å². The van der Waals surface area contributed by atoms with Crippen LogP contribution in [0.15, 0.2) is 47.4 Å². The molecule has 0 heterocycles. The second-order valence-corrected chi connectivity index (χ2v) is 8.83. The van der Waals surface area contributed by atoms with Gasteiger partial charge in [0.2, 0.25) is 0 Å². The molecule has 0 bridgehead atoms. The Kier molecular flexibility index (Phi) is 8.31. The number of amides is 1. The molecule has 0 aromatic heterocycles. The molecule has 0 aliphatic carbocycles. The number of quaternary nitrogens is 1. The summed E-state index contributed by atoms with van der Waals surface area (Å²) in [6, 6.07) is 10.7. The van der Waals surface area contributed by atoms with Gasteiger partial charge in [0, 0.05) is 24.2 Å². The zero-order valence-corrected chi connectivity index (χ0v) is 18.4. The van der Waals surface area contributed by atoms with Crippen LogP contribution in [0.1, 0.15) is 23.7 Å². The molecule has 2 aromatic rings. The second kappa shape index (κ2) is 10.5. The first-order valence-electron chi connectivity index (χ1n) is 9.35. The summed E-state index contributed by atoms with van der Waals surface area (Å²) < 4.78 is 33.4. The van der Waals surface area contributed by atoms with E-state index in [9.17, 15) is 13.2 Å². The van der Waals surface area contributed by atoms with Crippen LogP contribution in [0, 0.1) is 0 Å². The van der Waals surface area contributed by atoms with E-state index in [0.29, 0.717) is 24.6 Å². The maximum absolute atomic E-state index is 12.8. The van der Waals surface area contributed by atoms with Crippen LogP contribution in [0.3, 0.4) is 0 Å². The third kappa shape index (κ3) is 6.92. The fourth-order valence-electron chi connectivity index (χ4n) is 2.59. The smallest absolute Gasteiger partial charge is 0.263 e. The number of sulfonamides is 1. The van der Waals surface area contributed by atoms with E-state index in [1.54, 1.807) is 24.3 Å². The third-order valence-electron chi connectivity index (χ3n) is 4.04. The molecule has 0 radical (unpaired) electrons. The van der Waals surface area contributed by atoms with Gasteiger partial charge in [0.05, 0.1) is 32.3 Å². The molecule has 2 aromatic carbocycles. The lowest BCUT2D eigenvalue weighted by Crippen LogP contribution is -3.05. The van der Waals surface area contributed by atoms with Gasteiger partial charge in [-0.1, -0.05) is 11.6 Å². The highest BCUT2D eigenvalue weighted by atomic mass is 35.5. The standard InChI is InChI=1S/C20H26ClN3O4S/c1-4-28-17-9-7-16(8-10-17)23-29(26,27)19-14-15(6-11-18(19)21)20(25)22-12-5-13-24(2)3/h6-11,14,23H,4-5,12-13H2,1-3H3,(H,22,25)/p+1. The van der Waals surface area contributed by atoms with Crippen LogP contribution in [0.25, 0.3) is 0 Å². The van der Waals surface area contributed by atoms with Gasteiger partial charge in [0.1, 0.15) is 10.6 Å². The molecule has 0 aliphatic heterocycles. The molecule has 1 amide bonds. The first-order valence-corrected chi connectivity index (χ1v) is 11.2. The Bertz CT molecular complexity index is 931. The largest absolute Gasteiger partial charge is 0.494 e. The van der Waals surface area contributed by atoms with Gasteiger partial charge < -0.3 is 15.0 Å². The van der Waals surface area contributed by atoms with Gasteiger partial charge in [-0.2, -0.15) is 0 Å². The Balaban J connectivity index is 2.13. The quantitative estimate of drug-likeness (QED) is 0.491. The van der Waals surface area contributed by atoms with Crippen LogP contribution in [-0.4, -0.2) is 48.1 Å². The van der Waals surface area contributed by atoms with Crippen molar-refractivity contribution < 1.29 is 22.8 Å². The second-order valence-electron chi connectivity index (χ2n) is 6.77. The maximum Gasteiger partial charge on any atom is 0.263 e. The Morgan fingerprint density at radius 2 is 1.83 bits per heavy atom. The molecule has 0 saturated carbocycles. The molecule has 0 spiro atoms. The monoisotopic (exact) mass is 440 g/mol. The summed E-state index contributed by atoms with van der Waals surface area (Å²) in [7, 11) is 0.107. The van der Waals surface area contributed by atoms with Crippen molar-refractivity contribution in [1.29, 1.82) is 0 Å². The number of carbonyl (C=O) groups excluding carboxylic acids is 1. The molecule has 0 fully saturated rings.